The fourth-order valence-corrected chi connectivity index (χ4v) is 4.49. The Bertz CT molecular complexity index is 1570. The van der Waals surface area contributed by atoms with Crippen LogP contribution in [0.25, 0.3) is 0 Å². The van der Waals surface area contributed by atoms with E-state index in [0.29, 0.717) is 23.1 Å². The lowest BCUT2D eigenvalue weighted by atomic mass is 9.92. The Kier molecular flexibility index (Phi) is 9.06. The van der Waals surface area contributed by atoms with Gasteiger partial charge in [0.25, 0.3) is 11.8 Å². The van der Waals surface area contributed by atoms with E-state index in [1.165, 1.54) is 0 Å². The van der Waals surface area contributed by atoms with Crippen molar-refractivity contribution in [2.24, 2.45) is 0 Å². The van der Waals surface area contributed by atoms with Crippen molar-refractivity contribution < 1.29 is 66.7 Å². The van der Waals surface area contributed by atoms with Crippen molar-refractivity contribution in [1.29, 1.82) is 0 Å². The number of alkyl halides is 10. The molecule has 4 nitrogen and oxygen atoms in total. The summed E-state index contributed by atoms with van der Waals surface area (Å²) in [4.78, 5) is 25.9. The molecule has 18 heteroatoms. The highest BCUT2D eigenvalue weighted by molar-refractivity contribution is 14.1. The van der Waals surface area contributed by atoms with Crippen molar-refractivity contribution in [3.05, 3.63) is 91.8 Å². The molecule has 2 amide bonds. The Morgan fingerprint density at radius 1 is 0.791 bits per heavy atom. The molecule has 0 bridgehead atoms. The fraction of sp³-hybridized carbons (Fsp3) is 0.200. The van der Waals surface area contributed by atoms with Crippen molar-refractivity contribution in [1.82, 2.24) is 0 Å². The summed E-state index contributed by atoms with van der Waals surface area (Å²) < 4.78 is 176. The number of carbonyl (C=O) groups is 2. The number of rotatable bonds is 5. The second-order valence-electron chi connectivity index (χ2n) is 8.61. The van der Waals surface area contributed by atoms with Gasteiger partial charge in [-0.2, -0.15) is 39.5 Å². The van der Waals surface area contributed by atoms with E-state index in [1.54, 1.807) is 5.32 Å². The number of nitrogens with one attached hydrogen (secondary N) is 1. The molecule has 0 aliphatic rings. The molecule has 3 aromatic carbocycles. The maximum Gasteiger partial charge on any atom is 0.435 e. The quantitative estimate of drug-likeness (QED) is 0.210. The molecule has 3 rings (SSSR count). The van der Waals surface area contributed by atoms with Crippen LogP contribution in [0.2, 0.25) is 0 Å². The number of hydrogen-bond donors (Lipinski definition) is 1. The predicted octanol–water partition coefficient (Wildman–Crippen LogP) is 8.55. The van der Waals surface area contributed by atoms with Gasteiger partial charge in [-0.05, 0) is 59.0 Å². The highest BCUT2D eigenvalue weighted by Crippen LogP contribution is 2.54. The van der Waals surface area contributed by atoms with Crippen LogP contribution in [0, 0.1) is 21.0 Å². The van der Waals surface area contributed by atoms with Crippen LogP contribution >= 0.6 is 22.6 Å². The fourth-order valence-electron chi connectivity index (χ4n) is 3.73. The second-order valence-corrected chi connectivity index (χ2v) is 9.78. The summed E-state index contributed by atoms with van der Waals surface area (Å²) in [5, 5.41) is 1.54. The van der Waals surface area contributed by atoms with E-state index in [9.17, 15) is 62.3 Å². The molecule has 0 spiro atoms. The molecule has 0 saturated carbocycles. The van der Waals surface area contributed by atoms with Gasteiger partial charge in [-0.15, -0.1) is 0 Å². The minimum atomic E-state index is -6.74. The maximum absolute atomic E-state index is 15.3. The van der Waals surface area contributed by atoms with Crippen LogP contribution in [0.4, 0.5) is 68.5 Å². The molecule has 0 aliphatic carbocycles. The first-order valence-corrected chi connectivity index (χ1v) is 12.2. The Balaban J connectivity index is 2.08. The zero-order valence-corrected chi connectivity index (χ0v) is 22.8. The summed E-state index contributed by atoms with van der Waals surface area (Å²) >= 11 is 0.822. The average molecular weight is 746 g/mol. The van der Waals surface area contributed by atoms with Gasteiger partial charge in [-0.1, -0.05) is 6.07 Å². The summed E-state index contributed by atoms with van der Waals surface area (Å²) in [6.07, 6.45) is -19.2. The molecule has 0 unspecified atom stereocenters. The molecule has 1 N–H and O–H groups in total. The van der Waals surface area contributed by atoms with Crippen molar-refractivity contribution >= 4 is 45.8 Å². The topological polar surface area (TPSA) is 49.4 Å². The molecule has 232 valence electrons. The number of carbonyl (C=O) groups excluding carboxylic acids is 2. The lowest BCUT2D eigenvalue weighted by Crippen LogP contribution is -2.50. The van der Waals surface area contributed by atoms with E-state index in [0.717, 1.165) is 47.8 Å². The third kappa shape index (κ3) is 6.37. The van der Waals surface area contributed by atoms with Crippen LogP contribution in [0.5, 0.6) is 0 Å². The Hall–Kier alpha value is -3.58. The Morgan fingerprint density at radius 3 is 1.88 bits per heavy atom. The van der Waals surface area contributed by atoms with Gasteiger partial charge in [0.1, 0.15) is 11.6 Å². The molecular formula is C25H12F13IN2O2. The maximum atomic E-state index is 15.3. The molecule has 0 aromatic heterocycles. The van der Waals surface area contributed by atoms with E-state index in [-0.39, 0.29) is 6.07 Å². The van der Waals surface area contributed by atoms with Gasteiger partial charge in [0.2, 0.25) is 0 Å². The third-order valence-electron chi connectivity index (χ3n) is 5.86. The lowest BCUT2D eigenvalue weighted by Gasteiger charge is -2.31. The molecule has 0 heterocycles. The van der Waals surface area contributed by atoms with Crippen molar-refractivity contribution in [2.45, 2.75) is 24.2 Å². The van der Waals surface area contributed by atoms with Crippen LogP contribution in [0.3, 0.4) is 0 Å². The average Bonchev–Trinajstić information content (AvgIpc) is 2.86. The van der Waals surface area contributed by atoms with E-state index >= 15 is 4.39 Å². The number of nitrogens with zero attached hydrogens (tertiary/aromatic N) is 1. The van der Waals surface area contributed by atoms with Crippen LogP contribution in [-0.2, 0) is 11.8 Å². The summed E-state index contributed by atoms with van der Waals surface area (Å²) in [5.41, 5.74) is -15.0. The summed E-state index contributed by atoms with van der Waals surface area (Å²) in [7, 11) is 0.902. The van der Waals surface area contributed by atoms with E-state index in [1.807, 2.05) is 0 Å². The van der Waals surface area contributed by atoms with E-state index < -0.39 is 96.7 Å². The molecule has 43 heavy (non-hydrogen) atoms. The minimum absolute atomic E-state index is 0.219. The molecule has 0 fully saturated rings. The van der Waals surface area contributed by atoms with Gasteiger partial charge in [0.15, 0.2) is 5.82 Å². The van der Waals surface area contributed by atoms with E-state index in [2.05, 4.69) is 0 Å². The molecule has 3 aromatic rings. The molecular weight excluding hydrogens is 734 g/mol. The zero-order chi connectivity index (χ0) is 32.9. The number of benzene rings is 3. The minimum Gasteiger partial charge on any atom is -0.320 e. The van der Waals surface area contributed by atoms with E-state index in [4.69, 9.17) is 0 Å². The molecule has 0 radical (unpaired) electrons. The summed E-state index contributed by atoms with van der Waals surface area (Å²) in [5.74, 6) is -6.92. The smallest absolute Gasteiger partial charge is 0.320 e. The summed E-state index contributed by atoms with van der Waals surface area (Å²) in [6, 6.07) is 3.30. The number of amides is 2. The monoisotopic (exact) mass is 746 g/mol. The van der Waals surface area contributed by atoms with Crippen LogP contribution in [-0.4, -0.2) is 31.2 Å². The van der Waals surface area contributed by atoms with Gasteiger partial charge in [-0.3, -0.25) is 9.59 Å². The molecule has 0 saturated heterocycles. The highest BCUT2D eigenvalue weighted by Gasteiger charge is 2.73. The normalized spacial score (nSPS) is 12.7. The number of hydrogen-bond acceptors (Lipinski definition) is 2. The second kappa shape index (κ2) is 11.5. The largest absolute Gasteiger partial charge is 0.435 e. The van der Waals surface area contributed by atoms with Gasteiger partial charge < -0.3 is 10.2 Å². The van der Waals surface area contributed by atoms with Crippen LogP contribution < -0.4 is 10.2 Å². The predicted molar refractivity (Wildman–Crippen MR) is 133 cm³/mol. The number of halogens is 14. The van der Waals surface area contributed by atoms with Gasteiger partial charge in [-0.25, -0.2) is 17.6 Å². The number of anilines is 2. The molecule has 0 atom stereocenters. The first-order valence-electron chi connectivity index (χ1n) is 11.1. The zero-order valence-electron chi connectivity index (χ0n) is 20.7. The van der Waals surface area contributed by atoms with Gasteiger partial charge in [0.05, 0.1) is 28.1 Å². The highest BCUT2D eigenvalue weighted by atomic mass is 127. The van der Waals surface area contributed by atoms with Gasteiger partial charge in [0, 0.05) is 22.2 Å². The standard InChI is InChI=1S/C25H12F13IN2O2/c1-41(21(43)12-6-5-11(26)9-15(12)27)17-4-2-3-13(18(17)28)20(42)40-19-14(23(30,31)32)7-10(8-16(19)39)22(29,24(33,34)35)25(36,37)38/h2-9H,1H3,(H,40,42). The van der Waals surface area contributed by atoms with Crippen LogP contribution in [0.15, 0.2) is 48.5 Å². The molecule has 0 aliphatic heterocycles. The van der Waals surface area contributed by atoms with Crippen molar-refractivity contribution in [3.63, 3.8) is 0 Å². The third-order valence-corrected chi connectivity index (χ3v) is 6.71. The van der Waals surface area contributed by atoms with Crippen molar-refractivity contribution in [2.75, 3.05) is 17.3 Å². The Morgan fingerprint density at radius 2 is 1.37 bits per heavy atom. The summed E-state index contributed by atoms with van der Waals surface area (Å²) in [6.45, 7) is 0. The Labute approximate surface area is 245 Å². The van der Waals surface area contributed by atoms with Crippen LogP contribution in [0.1, 0.15) is 31.8 Å². The lowest BCUT2D eigenvalue weighted by molar-refractivity contribution is -0.348. The SMILES string of the molecule is CN(C(=O)c1ccc(F)cc1F)c1cccc(C(=O)Nc2c(I)cc(C(F)(C(F)(F)F)C(F)(F)F)cc2C(F)(F)F)c1F. The van der Waals surface area contributed by atoms with Crippen molar-refractivity contribution in [3.8, 4) is 0 Å². The van der Waals surface area contributed by atoms with Gasteiger partial charge >= 0.3 is 24.2 Å². The first kappa shape index (κ1) is 33.9. The first-order chi connectivity index (χ1) is 19.5.